The van der Waals surface area contributed by atoms with Crippen molar-refractivity contribution in [1.82, 2.24) is 0 Å². The second-order valence-electron chi connectivity index (χ2n) is 7.16. The van der Waals surface area contributed by atoms with Crippen LogP contribution in [0.5, 0.6) is 0 Å². The average molecular weight is 224 g/mol. The zero-order valence-electron chi connectivity index (χ0n) is 10.9. The highest BCUT2D eigenvalue weighted by Gasteiger charge is 2.64. The van der Waals surface area contributed by atoms with Gasteiger partial charge >= 0.3 is 5.97 Å². The number of hydrogen-bond acceptors (Lipinski definition) is 1. The van der Waals surface area contributed by atoms with Crippen molar-refractivity contribution in [2.45, 2.75) is 53.4 Å². The summed E-state index contributed by atoms with van der Waals surface area (Å²) in [6, 6.07) is 0. The van der Waals surface area contributed by atoms with Gasteiger partial charge in [0.2, 0.25) is 0 Å². The van der Waals surface area contributed by atoms with Crippen molar-refractivity contribution in [2.75, 3.05) is 0 Å². The Bertz CT molecular complexity index is 294. The maximum atomic E-state index is 11.2. The summed E-state index contributed by atoms with van der Waals surface area (Å²) in [6.07, 6.45) is 4.98. The van der Waals surface area contributed by atoms with Gasteiger partial charge in [-0.1, -0.05) is 27.7 Å². The Morgan fingerprint density at radius 3 is 2.00 bits per heavy atom. The van der Waals surface area contributed by atoms with Crippen molar-refractivity contribution in [3.63, 3.8) is 0 Å². The smallest absolute Gasteiger partial charge is 0.307 e. The first-order valence-electron chi connectivity index (χ1n) is 6.48. The van der Waals surface area contributed by atoms with Crippen molar-refractivity contribution in [3.05, 3.63) is 0 Å². The Morgan fingerprint density at radius 2 is 1.62 bits per heavy atom. The van der Waals surface area contributed by atoms with Gasteiger partial charge < -0.3 is 5.11 Å². The standard InChI is InChI=1S/C14H24O2/c1-13(2)7-5-9(6-8-13)10-11(12(15)16)14(10,3)4/h9-11H,5-8H2,1-4H3,(H,15,16)/t10-,11+/m1/s1. The van der Waals surface area contributed by atoms with Crippen LogP contribution in [0.15, 0.2) is 0 Å². The Balaban J connectivity index is 1.99. The highest BCUT2D eigenvalue weighted by atomic mass is 16.4. The number of aliphatic carboxylic acids is 1. The maximum absolute atomic E-state index is 11.2. The minimum atomic E-state index is -0.583. The Labute approximate surface area is 98.4 Å². The third kappa shape index (κ3) is 1.87. The molecule has 0 amide bonds. The largest absolute Gasteiger partial charge is 0.481 e. The number of carboxylic acid groups (broad SMARTS) is 1. The van der Waals surface area contributed by atoms with E-state index >= 15 is 0 Å². The van der Waals surface area contributed by atoms with E-state index in [1.54, 1.807) is 0 Å². The monoisotopic (exact) mass is 224 g/mol. The average Bonchev–Trinajstić information content (AvgIpc) is 2.69. The summed E-state index contributed by atoms with van der Waals surface area (Å²) in [4.78, 5) is 11.2. The van der Waals surface area contributed by atoms with Gasteiger partial charge in [0.1, 0.15) is 0 Å². The van der Waals surface area contributed by atoms with Gasteiger partial charge in [-0.25, -0.2) is 0 Å². The molecule has 1 N–H and O–H groups in total. The molecule has 0 aromatic rings. The second-order valence-corrected chi connectivity index (χ2v) is 7.16. The van der Waals surface area contributed by atoms with Gasteiger partial charge in [-0.3, -0.25) is 4.79 Å². The lowest BCUT2D eigenvalue weighted by molar-refractivity contribution is -0.139. The summed E-state index contributed by atoms with van der Waals surface area (Å²) < 4.78 is 0. The van der Waals surface area contributed by atoms with Gasteiger partial charge in [-0.05, 0) is 48.3 Å². The predicted octanol–water partition coefficient (Wildman–Crippen LogP) is 3.56. The molecule has 0 bridgehead atoms. The third-order valence-corrected chi connectivity index (χ3v) is 5.07. The lowest BCUT2D eigenvalue weighted by Gasteiger charge is -2.35. The molecule has 92 valence electrons. The highest BCUT2D eigenvalue weighted by molar-refractivity contribution is 5.75. The normalized spacial score (nSPS) is 37.0. The molecule has 0 aliphatic heterocycles. The summed E-state index contributed by atoms with van der Waals surface area (Å²) in [7, 11) is 0. The predicted molar refractivity (Wildman–Crippen MR) is 64.1 cm³/mol. The van der Waals surface area contributed by atoms with E-state index < -0.39 is 5.97 Å². The molecule has 2 heteroatoms. The SMILES string of the molecule is CC1(C)CCC([C@@H]2[C@@H](C(=O)O)C2(C)C)CC1. The summed E-state index contributed by atoms with van der Waals surface area (Å²) in [5.41, 5.74) is 0.520. The van der Waals surface area contributed by atoms with Crippen LogP contribution in [0.4, 0.5) is 0 Å². The van der Waals surface area contributed by atoms with Crippen LogP contribution < -0.4 is 0 Å². The van der Waals surface area contributed by atoms with Gasteiger partial charge in [-0.15, -0.1) is 0 Å². The van der Waals surface area contributed by atoms with Crippen molar-refractivity contribution >= 4 is 5.97 Å². The molecule has 0 unspecified atom stereocenters. The van der Waals surface area contributed by atoms with Crippen LogP contribution in [0.3, 0.4) is 0 Å². The molecule has 0 aromatic carbocycles. The Morgan fingerprint density at radius 1 is 1.12 bits per heavy atom. The first-order valence-corrected chi connectivity index (χ1v) is 6.48. The molecular formula is C14H24O2. The van der Waals surface area contributed by atoms with Gasteiger partial charge in [0.05, 0.1) is 5.92 Å². The molecule has 0 spiro atoms. The van der Waals surface area contributed by atoms with Crippen LogP contribution in [0, 0.1) is 28.6 Å². The first-order chi connectivity index (χ1) is 7.26. The fourth-order valence-corrected chi connectivity index (χ4v) is 3.81. The fraction of sp³-hybridized carbons (Fsp3) is 0.929. The van der Waals surface area contributed by atoms with Gasteiger partial charge in [0.15, 0.2) is 0 Å². The molecule has 2 fully saturated rings. The third-order valence-electron chi connectivity index (χ3n) is 5.07. The second kappa shape index (κ2) is 3.48. The molecule has 0 heterocycles. The summed E-state index contributed by atoms with van der Waals surface area (Å²) in [5.74, 6) is 0.420. The molecular weight excluding hydrogens is 200 g/mol. The van der Waals surface area contributed by atoms with Crippen molar-refractivity contribution in [2.24, 2.45) is 28.6 Å². The quantitative estimate of drug-likeness (QED) is 0.778. The molecule has 16 heavy (non-hydrogen) atoms. The van der Waals surface area contributed by atoms with E-state index in [9.17, 15) is 9.90 Å². The molecule has 2 rings (SSSR count). The van der Waals surface area contributed by atoms with E-state index in [0.29, 0.717) is 17.3 Å². The van der Waals surface area contributed by atoms with Crippen LogP contribution in [-0.4, -0.2) is 11.1 Å². The Kier molecular flexibility index (Phi) is 2.60. The topological polar surface area (TPSA) is 37.3 Å². The van der Waals surface area contributed by atoms with Gasteiger partial charge in [0.25, 0.3) is 0 Å². The van der Waals surface area contributed by atoms with E-state index in [4.69, 9.17) is 0 Å². The van der Waals surface area contributed by atoms with Gasteiger partial charge in [0, 0.05) is 0 Å². The molecule has 2 aliphatic rings. The number of hydrogen-bond donors (Lipinski definition) is 1. The van der Waals surface area contributed by atoms with E-state index in [1.807, 2.05) is 0 Å². The Hall–Kier alpha value is -0.530. The van der Waals surface area contributed by atoms with Crippen LogP contribution in [0.25, 0.3) is 0 Å². The van der Waals surface area contributed by atoms with E-state index in [1.165, 1.54) is 25.7 Å². The van der Waals surface area contributed by atoms with Crippen LogP contribution >= 0.6 is 0 Å². The molecule has 0 saturated heterocycles. The van der Waals surface area contributed by atoms with E-state index in [-0.39, 0.29) is 11.3 Å². The van der Waals surface area contributed by atoms with E-state index in [2.05, 4.69) is 27.7 Å². The minimum absolute atomic E-state index is 0.0397. The van der Waals surface area contributed by atoms with Crippen LogP contribution in [0.2, 0.25) is 0 Å². The van der Waals surface area contributed by atoms with Crippen LogP contribution in [0.1, 0.15) is 53.4 Å². The molecule has 2 aliphatic carbocycles. The number of carboxylic acids is 1. The van der Waals surface area contributed by atoms with E-state index in [0.717, 1.165) is 0 Å². The van der Waals surface area contributed by atoms with Crippen molar-refractivity contribution in [1.29, 1.82) is 0 Å². The molecule has 0 aromatic heterocycles. The lowest BCUT2D eigenvalue weighted by atomic mass is 9.71. The zero-order valence-corrected chi connectivity index (χ0v) is 10.9. The van der Waals surface area contributed by atoms with Crippen molar-refractivity contribution in [3.8, 4) is 0 Å². The van der Waals surface area contributed by atoms with Gasteiger partial charge in [-0.2, -0.15) is 0 Å². The minimum Gasteiger partial charge on any atom is -0.481 e. The molecule has 0 radical (unpaired) electrons. The molecule has 2 nitrogen and oxygen atoms in total. The van der Waals surface area contributed by atoms with Crippen molar-refractivity contribution < 1.29 is 9.90 Å². The summed E-state index contributed by atoms with van der Waals surface area (Å²) in [5, 5.41) is 9.19. The zero-order chi connectivity index (χ0) is 12.1. The summed E-state index contributed by atoms with van der Waals surface area (Å²) in [6.45, 7) is 8.90. The lowest BCUT2D eigenvalue weighted by Crippen LogP contribution is -2.23. The van der Waals surface area contributed by atoms with Crippen LogP contribution in [-0.2, 0) is 4.79 Å². The number of rotatable bonds is 2. The maximum Gasteiger partial charge on any atom is 0.307 e. The fourth-order valence-electron chi connectivity index (χ4n) is 3.81. The highest BCUT2D eigenvalue weighted by Crippen LogP contribution is 2.64. The molecule has 2 saturated carbocycles. The summed E-state index contributed by atoms with van der Waals surface area (Å²) >= 11 is 0. The molecule has 2 atom stereocenters. The first kappa shape index (κ1) is 11.9. The number of carbonyl (C=O) groups is 1.